The highest BCUT2D eigenvalue weighted by atomic mass is 19.1. The van der Waals surface area contributed by atoms with Crippen molar-refractivity contribution < 1.29 is 14.0 Å². The third-order valence-corrected chi connectivity index (χ3v) is 4.77. The van der Waals surface area contributed by atoms with Gasteiger partial charge >= 0.3 is 6.03 Å². The SMILES string of the molecule is O=C(Cc1ccc(F)cc1)NNC(=O)NC1CCN2CCCCC12. The molecule has 0 aromatic heterocycles. The quantitative estimate of drug-likeness (QED) is 0.730. The maximum absolute atomic E-state index is 12.8. The van der Waals surface area contributed by atoms with E-state index >= 15 is 0 Å². The van der Waals surface area contributed by atoms with Crippen LogP contribution in [0.3, 0.4) is 0 Å². The molecule has 2 aliphatic rings. The second-order valence-electron chi connectivity index (χ2n) is 6.44. The number of urea groups is 1. The Balaban J connectivity index is 1.40. The van der Waals surface area contributed by atoms with Gasteiger partial charge in [-0.25, -0.2) is 14.6 Å². The molecule has 3 N–H and O–H groups in total. The summed E-state index contributed by atoms with van der Waals surface area (Å²) in [4.78, 5) is 26.2. The number of fused-ring (bicyclic) bond motifs is 1. The molecule has 2 saturated heterocycles. The van der Waals surface area contributed by atoms with Gasteiger partial charge in [-0.2, -0.15) is 0 Å². The number of nitrogens with one attached hydrogen (secondary N) is 3. The Morgan fingerprint density at radius 3 is 2.67 bits per heavy atom. The number of rotatable bonds is 3. The Kier molecular flexibility index (Phi) is 5.30. The molecule has 24 heavy (non-hydrogen) atoms. The average Bonchev–Trinajstić information content (AvgIpc) is 2.98. The van der Waals surface area contributed by atoms with Crippen molar-refractivity contribution in [3.05, 3.63) is 35.6 Å². The molecule has 6 nitrogen and oxygen atoms in total. The van der Waals surface area contributed by atoms with Crippen molar-refractivity contribution in [3.8, 4) is 0 Å². The topological polar surface area (TPSA) is 73.5 Å². The van der Waals surface area contributed by atoms with Crippen LogP contribution in [0.25, 0.3) is 0 Å². The van der Waals surface area contributed by atoms with E-state index in [1.807, 2.05) is 0 Å². The van der Waals surface area contributed by atoms with Gasteiger partial charge in [0.15, 0.2) is 0 Å². The summed E-state index contributed by atoms with van der Waals surface area (Å²) in [6, 6.07) is 5.87. The summed E-state index contributed by atoms with van der Waals surface area (Å²) < 4.78 is 12.8. The predicted octanol–water partition coefficient (Wildman–Crippen LogP) is 1.33. The molecule has 3 amide bonds. The highest BCUT2D eigenvalue weighted by molar-refractivity contribution is 5.82. The van der Waals surface area contributed by atoms with E-state index in [9.17, 15) is 14.0 Å². The molecule has 2 unspecified atom stereocenters. The minimum Gasteiger partial charge on any atom is -0.332 e. The lowest BCUT2D eigenvalue weighted by Gasteiger charge is -2.32. The fourth-order valence-corrected chi connectivity index (χ4v) is 3.58. The number of carbonyl (C=O) groups excluding carboxylic acids is 2. The first-order chi connectivity index (χ1) is 11.6. The summed E-state index contributed by atoms with van der Waals surface area (Å²) in [7, 11) is 0. The standard InChI is InChI=1S/C17H23FN4O2/c18-13-6-4-12(5-7-13)11-16(23)20-21-17(24)19-14-8-10-22-9-2-1-3-15(14)22/h4-7,14-15H,1-3,8-11H2,(H,20,23)(H2,19,21,24). The summed E-state index contributed by atoms with van der Waals surface area (Å²) in [5.74, 6) is -0.688. The van der Waals surface area contributed by atoms with Crippen LogP contribution in [0, 0.1) is 5.82 Å². The van der Waals surface area contributed by atoms with Crippen LogP contribution in [0.4, 0.5) is 9.18 Å². The highest BCUT2D eigenvalue weighted by Crippen LogP contribution is 2.26. The Bertz CT molecular complexity index is 593. The number of amides is 3. The zero-order chi connectivity index (χ0) is 16.9. The van der Waals surface area contributed by atoms with Crippen LogP contribution in [0.15, 0.2) is 24.3 Å². The fraction of sp³-hybridized carbons (Fsp3) is 0.529. The van der Waals surface area contributed by atoms with Gasteiger partial charge in [0.2, 0.25) is 5.91 Å². The van der Waals surface area contributed by atoms with Crippen molar-refractivity contribution in [2.24, 2.45) is 0 Å². The second-order valence-corrected chi connectivity index (χ2v) is 6.44. The van der Waals surface area contributed by atoms with E-state index in [1.165, 1.54) is 25.0 Å². The van der Waals surface area contributed by atoms with Crippen LogP contribution < -0.4 is 16.2 Å². The van der Waals surface area contributed by atoms with E-state index in [2.05, 4.69) is 21.1 Å². The first kappa shape index (κ1) is 16.7. The first-order valence-corrected chi connectivity index (χ1v) is 8.45. The second kappa shape index (κ2) is 7.61. The number of hydrazine groups is 1. The van der Waals surface area contributed by atoms with E-state index < -0.39 is 0 Å². The van der Waals surface area contributed by atoms with Gasteiger partial charge in [0.05, 0.1) is 6.42 Å². The molecule has 1 aromatic carbocycles. The van der Waals surface area contributed by atoms with Gasteiger partial charge in [-0.15, -0.1) is 0 Å². The average molecular weight is 334 g/mol. The van der Waals surface area contributed by atoms with Crippen molar-refractivity contribution in [2.75, 3.05) is 13.1 Å². The summed E-state index contributed by atoms with van der Waals surface area (Å²) >= 11 is 0. The number of piperidine rings is 1. The molecule has 0 saturated carbocycles. The van der Waals surface area contributed by atoms with Gasteiger partial charge in [-0.3, -0.25) is 15.1 Å². The van der Waals surface area contributed by atoms with Gasteiger partial charge in [0.1, 0.15) is 5.82 Å². The number of hydrogen-bond donors (Lipinski definition) is 3. The Hall–Kier alpha value is -2.15. The Morgan fingerprint density at radius 1 is 1.08 bits per heavy atom. The number of hydrogen-bond acceptors (Lipinski definition) is 3. The number of benzene rings is 1. The maximum atomic E-state index is 12.8. The van der Waals surface area contributed by atoms with Crippen molar-refractivity contribution in [3.63, 3.8) is 0 Å². The van der Waals surface area contributed by atoms with Crippen molar-refractivity contribution >= 4 is 11.9 Å². The van der Waals surface area contributed by atoms with Crippen LogP contribution >= 0.6 is 0 Å². The molecule has 0 bridgehead atoms. The summed E-state index contributed by atoms with van der Waals surface area (Å²) in [5, 5.41) is 2.95. The fourth-order valence-electron chi connectivity index (χ4n) is 3.58. The van der Waals surface area contributed by atoms with Crippen molar-refractivity contribution in [1.82, 2.24) is 21.1 Å². The van der Waals surface area contributed by atoms with E-state index in [4.69, 9.17) is 0 Å². The molecule has 2 atom stereocenters. The molecule has 2 aliphatic heterocycles. The summed E-state index contributed by atoms with van der Waals surface area (Å²) in [6.07, 6.45) is 4.58. The van der Waals surface area contributed by atoms with E-state index in [-0.39, 0.29) is 30.2 Å². The molecule has 2 heterocycles. The maximum Gasteiger partial charge on any atom is 0.333 e. The molecule has 1 aromatic rings. The molecule has 0 radical (unpaired) electrons. The zero-order valence-corrected chi connectivity index (χ0v) is 13.6. The van der Waals surface area contributed by atoms with E-state index in [0.717, 1.165) is 25.9 Å². The molecule has 2 fully saturated rings. The lowest BCUT2D eigenvalue weighted by atomic mass is 9.99. The third-order valence-electron chi connectivity index (χ3n) is 4.77. The van der Waals surface area contributed by atoms with Crippen LogP contribution in [0.5, 0.6) is 0 Å². The van der Waals surface area contributed by atoms with Crippen LogP contribution in [-0.4, -0.2) is 42.0 Å². The van der Waals surface area contributed by atoms with Crippen molar-refractivity contribution in [1.29, 1.82) is 0 Å². The zero-order valence-electron chi connectivity index (χ0n) is 13.6. The molecular formula is C17H23FN4O2. The van der Waals surface area contributed by atoms with Gasteiger partial charge in [0, 0.05) is 18.6 Å². The molecule has 0 aliphatic carbocycles. The summed E-state index contributed by atoms with van der Waals surface area (Å²) in [6.45, 7) is 2.13. The van der Waals surface area contributed by atoms with Gasteiger partial charge in [-0.1, -0.05) is 18.6 Å². The lowest BCUT2D eigenvalue weighted by molar-refractivity contribution is -0.121. The predicted molar refractivity (Wildman–Crippen MR) is 87.5 cm³/mol. The van der Waals surface area contributed by atoms with Crippen LogP contribution in [-0.2, 0) is 11.2 Å². The van der Waals surface area contributed by atoms with Gasteiger partial charge in [-0.05, 0) is 43.5 Å². The molecular weight excluding hydrogens is 311 g/mol. The lowest BCUT2D eigenvalue weighted by Crippen LogP contribution is -2.53. The van der Waals surface area contributed by atoms with Crippen LogP contribution in [0.2, 0.25) is 0 Å². The Labute approximate surface area is 140 Å². The Morgan fingerprint density at radius 2 is 1.88 bits per heavy atom. The van der Waals surface area contributed by atoms with Crippen molar-refractivity contribution in [2.45, 2.75) is 44.2 Å². The first-order valence-electron chi connectivity index (χ1n) is 8.45. The van der Waals surface area contributed by atoms with E-state index in [1.54, 1.807) is 12.1 Å². The van der Waals surface area contributed by atoms with E-state index in [0.29, 0.717) is 11.6 Å². The number of nitrogens with zero attached hydrogens (tertiary/aromatic N) is 1. The summed E-state index contributed by atoms with van der Waals surface area (Å²) in [5.41, 5.74) is 5.46. The monoisotopic (exact) mass is 334 g/mol. The van der Waals surface area contributed by atoms with Gasteiger partial charge < -0.3 is 5.32 Å². The molecule has 130 valence electrons. The molecule has 0 spiro atoms. The van der Waals surface area contributed by atoms with Gasteiger partial charge in [0.25, 0.3) is 0 Å². The molecule has 7 heteroatoms. The largest absolute Gasteiger partial charge is 0.333 e. The normalized spacial score (nSPS) is 23.4. The number of carbonyl (C=O) groups is 2. The smallest absolute Gasteiger partial charge is 0.332 e. The third kappa shape index (κ3) is 4.23. The molecule has 3 rings (SSSR count). The highest BCUT2D eigenvalue weighted by Gasteiger charge is 2.36. The number of halogens is 1. The minimum atomic E-state index is -0.389. The van der Waals surface area contributed by atoms with Crippen LogP contribution in [0.1, 0.15) is 31.2 Å². The minimum absolute atomic E-state index is 0.0837.